The lowest BCUT2D eigenvalue weighted by molar-refractivity contribution is -0.142. The van der Waals surface area contributed by atoms with E-state index in [1.165, 1.54) is 31.0 Å². The number of ether oxygens (including phenoxy) is 2. The highest BCUT2D eigenvalue weighted by Crippen LogP contribution is 2.26. The predicted octanol–water partition coefficient (Wildman–Crippen LogP) is 3.05. The van der Waals surface area contributed by atoms with Crippen molar-refractivity contribution in [3.8, 4) is 0 Å². The largest absolute Gasteiger partial charge is 0.365 e. The molecule has 3 nitrogen and oxygen atoms in total. The van der Waals surface area contributed by atoms with E-state index < -0.39 is 0 Å². The molecule has 2 heterocycles. The third kappa shape index (κ3) is 6.07. The fourth-order valence-electron chi connectivity index (χ4n) is 2.42. The summed E-state index contributed by atoms with van der Waals surface area (Å²) in [5.41, 5.74) is 1.23. The van der Waals surface area contributed by atoms with Crippen LogP contribution in [-0.2, 0) is 9.47 Å². The fourth-order valence-corrected chi connectivity index (χ4v) is 4.37. The average molecular weight is 295 g/mol. The van der Waals surface area contributed by atoms with Crippen LogP contribution in [0.4, 0.5) is 0 Å². The van der Waals surface area contributed by atoms with Gasteiger partial charge in [-0.3, -0.25) is 0 Å². The van der Waals surface area contributed by atoms with Crippen LogP contribution >= 0.6 is 0 Å². The van der Waals surface area contributed by atoms with Crippen LogP contribution in [0.15, 0.2) is 36.2 Å². The molecule has 2 aliphatic heterocycles. The second-order valence-electron chi connectivity index (χ2n) is 5.21. The smallest absolute Gasteiger partial charge is 0.144 e. The normalized spacial score (nSPS) is 20.9. The van der Waals surface area contributed by atoms with Gasteiger partial charge < -0.3 is 14.8 Å². The zero-order valence-electron chi connectivity index (χ0n) is 13.2. The molecule has 0 aliphatic carbocycles. The van der Waals surface area contributed by atoms with Crippen molar-refractivity contribution in [3.63, 3.8) is 0 Å². The molecule has 20 heavy (non-hydrogen) atoms. The highest BCUT2D eigenvalue weighted by atomic mass is 28.2. The highest BCUT2D eigenvalue weighted by molar-refractivity contribution is 6.40. The van der Waals surface area contributed by atoms with Crippen LogP contribution in [0.3, 0.4) is 0 Å². The molecule has 0 aromatic heterocycles. The Hall–Kier alpha value is -0.843. The quantitative estimate of drug-likeness (QED) is 0.624. The molecule has 1 N–H and O–H groups in total. The van der Waals surface area contributed by atoms with Crippen molar-refractivity contribution in [1.82, 2.24) is 5.32 Å². The minimum Gasteiger partial charge on any atom is -0.365 e. The lowest BCUT2D eigenvalue weighted by atomic mass is 10.2. The topological polar surface area (TPSA) is 30.5 Å². The van der Waals surface area contributed by atoms with E-state index in [4.69, 9.17) is 9.47 Å². The summed E-state index contributed by atoms with van der Waals surface area (Å²) in [6.07, 6.45) is 16.3. The molecule has 0 atom stereocenters. The van der Waals surface area contributed by atoms with Gasteiger partial charge in [0.05, 0.1) is 9.52 Å². The third-order valence-corrected chi connectivity index (χ3v) is 6.34. The van der Waals surface area contributed by atoms with Crippen LogP contribution < -0.4 is 5.32 Å². The molecule has 1 fully saturated rings. The molecule has 0 spiro atoms. The van der Waals surface area contributed by atoms with E-state index in [1.54, 1.807) is 14.2 Å². The van der Waals surface area contributed by atoms with Crippen LogP contribution in [-0.4, -0.2) is 29.1 Å². The van der Waals surface area contributed by atoms with Crippen LogP contribution in [0.1, 0.15) is 39.0 Å². The lowest BCUT2D eigenvalue weighted by Gasteiger charge is -2.25. The first-order valence-corrected chi connectivity index (χ1v) is 9.36. The number of unbranched alkanes of at least 4 members (excludes halogenated alkanes) is 1. The van der Waals surface area contributed by atoms with Crippen molar-refractivity contribution in [2.75, 3.05) is 14.2 Å². The number of hydrogen-bond acceptors (Lipinski definition) is 3. The molecule has 0 amide bonds. The molecule has 0 radical (unpaired) electrons. The van der Waals surface area contributed by atoms with Gasteiger partial charge in [-0.2, -0.15) is 0 Å². The summed E-state index contributed by atoms with van der Waals surface area (Å²) in [6, 6.07) is 1.38. The van der Waals surface area contributed by atoms with Gasteiger partial charge in [0.15, 0.2) is 0 Å². The van der Waals surface area contributed by atoms with Crippen molar-refractivity contribution < 1.29 is 9.47 Å². The predicted molar refractivity (Wildman–Crippen MR) is 88.4 cm³/mol. The van der Waals surface area contributed by atoms with Crippen LogP contribution in [0.2, 0.25) is 6.04 Å². The number of allylic oxidation sites excluding steroid dienone is 5. The van der Waals surface area contributed by atoms with Gasteiger partial charge in [0.2, 0.25) is 0 Å². The molecule has 114 valence electrons. The van der Waals surface area contributed by atoms with Gasteiger partial charge in [-0.1, -0.05) is 38.0 Å². The van der Waals surface area contributed by atoms with E-state index in [1.807, 2.05) is 18.4 Å². The summed E-state index contributed by atoms with van der Waals surface area (Å²) in [6.45, 7) is 2.21. The van der Waals surface area contributed by atoms with Gasteiger partial charge in [0.1, 0.15) is 5.41 Å². The van der Waals surface area contributed by atoms with Gasteiger partial charge in [-0.25, -0.2) is 0 Å². The molecule has 2 rings (SSSR count). The minimum atomic E-state index is -0.0941. The molecule has 0 aromatic rings. The van der Waals surface area contributed by atoms with E-state index in [-0.39, 0.29) is 14.9 Å². The Labute approximate surface area is 125 Å². The zero-order valence-corrected chi connectivity index (χ0v) is 14.6. The first-order valence-electron chi connectivity index (χ1n) is 7.65. The summed E-state index contributed by atoms with van der Waals surface area (Å²) in [5, 5.41) is 3.23. The van der Waals surface area contributed by atoms with Gasteiger partial charge in [0.25, 0.3) is 0 Å². The Balaban J connectivity index is 0.000000204. The minimum absolute atomic E-state index is 0.0833. The summed E-state index contributed by atoms with van der Waals surface area (Å²) in [4.78, 5) is 0. The van der Waals surface area contributed by atoms with Gasteiger partial charge in [-0.05, 0) is 31.4 Å². The molecular weight excluding hydrogens is 266 g/mol. The van der Waals surface area contributed by atoms with Gasteiger partial charge in [0, 0.05) is 26.1 Å². The summed E-state index contributed by atoms with van der Waals surface area (Å²) < 4.78 is 10.6. The molecular formula is C16H29NO2Si. The second-order valence-corrected chi connectivity index (χ2v) is 7.49. The summed E-state index contributed by atoms with van der Waals surface area (Å²) >= 11 is 0. The Morgan fingerprint density at radius 2 is 2.05 bits per heavy atom. The monoisotopic (exact) mass is 295 g/mol. The molecule has 2 aliphatic rings. The van der Waals surface area contributed by atoms with E-state index in [0.29, 0.717) is 0 Å². The van der Waals surface area contributed by atoms with Crippen LogP contribution in [0.5, 0.6) is 0 Å². The van der Waals surface area contributed by atoms with E-state index in [0.717, 1.165) is 12.8 Å². The third-order valence-electron chi connectivity index (χ3n) is 3.79. The maximum atomic E-state index is 5.29. The van der Waals surface area contributed by atoms with Crippen LogP contribution in [0.25, 0.3) is 0 Å². The van der Waals surface area contributed by atoms with Gasteiger partial charge in [-0.15, -0.1) is 0 Å². The Kier molecular flexibility index (Phi) is 8.58. The molecule has 0 unspecified atom stereocenters. The van der Waals surface area contributed by atoms with E-state index in [2.05, 4.69) is 24.4 Å². The van der Waals surface area contributed by atoms with E-state index in [9.17, 15) is 0 Å². The number of nitrogens with one attached hydrogen (secondary N) is 1. The Morgan fingerprint density at radius 3 is 2.60 bits per heavy atom. The molecule has 0 saturated carbocycles. The molecule has 0 bridgehead atoms. The molecule has 1 saturated heterocycles. The molecule has 0 aromatic carbocycles. The van der Waals surface area contributed by atoms with Crippen molar-refractivity contribution >= 4 is 9.52 Å². The standard InChI is InChI=1S/C10H15N.C6H14O2Si/c1-2-3-7-10-8-5-4-6-9-11-10;1-7-6(8-2)4-3-5-9-6/h4-6,8-9,11H,2-3,7H2,1H3;3-5,9H2,1-2H3. The zero-order chi connectivity index (χ0) is 14.7. The Morgan fingerprint density at radius 1 is 1.25 bits per heavy atom. The fraction of sp³-hybridized carbons (Fsp3) is 0.625. The first kappa shape index (κ1) is 17.2. The highest BCUT2D eigenvalue weighted by Gasteiger charge is 2.33. The van der Waals surface area contributed by atoms with Crippen molar-refractivity contribution in [3.05, 3.63) is 36.2 Å². The maximum absolute atomic E-state index is 5.29. The Bertz CT molecular complexity index is 338. The van der Waals surface area contributed by atoms with Crippen LogP contribution in [0, 0.1) is 0 Å². The van der Waals surface area contributed by atoms with Crippen molar-refractivity contribution in [2.24, 2.45) is 0 Å². The number of hydrogen-bond donors (Lipinski definition) is 1. The lowest BCUT2D eigenvalue weighted by Crippen LogP contribution is -2.35. The first-order chi connectivity index (χ1) is 9.76. The second kappa shape index (κ2) is 9.97. The SMILES string of the molecule is CCCCC1=CC=CC=CN1.COC1(OC)CCC[SiH2]1. The summed E-state index contributed by atoms with van der Waals surface area (Å²) in [5.74, 6) is 0. The average Bonchev–Trinajstić information content (AvgIpc) is 2.83. The van der Waals surface area contributed by atoms with Gasteiger partial charge >= 0.3 is 0 Å². The summed E-state index contributed by atoms with van der Waals surface area (Å²) in [7, 11) is 3.41. The number of rotatable bonds is 5. The van der Waals surface area contributed by atoms with Crippen molar-refractivity contribution in [2.45, 2.75) is 50.5 Å². The molecule has 4 heteroatoms. The maximum Gasteiger partial charge on any atom is 0.144 e. The van der Waals surface area contributed by atoms with E-state index >= 15 is 0 Å². The van der Waals surface area contributed by atoms with Crippen molar-refractivity contribution in [1.29, 1.82) is 0 Å². The number of methoxy groups -OCH3 is 2.